The van der Waals surface area contributed by atoms with Crippen LogP contribution in [0, 0.1) is 23.3 Å². The number of hydrogen-bond donors (Lipinski definition) is 1. The monoisotopic (exact) mass is 407 g/mol. The first-order chi connectivity index (χ1) is 12.5. The number of nitrogens with one attached hydrogen (secondary N) is 1. The van der Waals surface area contributed by atoms with Gasteiger partial charge in [-0.1, -0.05) is 0 Å². The number of benzene rings is 2. The van der Waals surface area contributed by atoms with Gasteiger partial charge in [-0.2, -0.15) is 8.78 Å². The smallest absolute Gasteiger partial charge is 0.267 e. The molecule has 1 amide bonds. The first kappa shape index (κ1) is 20.5. The van der Waals surface area contributed by atoms with Crippen molar-refractivity contribution in [2.45, 2.75) is 6.61 Å². The summed E-state index contributed by atoms with van der Waals surface area (Å²) < 4.78 is 88.5. The average molecular weight is 407 g/mol. The van der Waals surface area contributed by atoms with Gasteiger partial charge in [-0.15, -0.1) is 0 Å². The fourth-order valence-corrected chi connectivity index (χ4v) is 2.48. The van der Waals surface area contributed by atoms with Gasteiger partial charge in [0.15, 0.2) is 11.5 Å². The molecule has 0 aliphatic rings. The topological polar surface area (TPSA) is 81.7 Å². The van der Waals surface area contributed by atoms with Gasteiger partial charge in [0.2, 0.25) is 21.7 Å². The Bertz CT molecular complexity index is 995. The molecule has 0 saturated carbocycles. The number of amides is 1. The molecule has 11 heteroatoms. The van der Waals surface area contributed by atoms with Gasteiger partial charge in [0.05, 0.1) is 18.9 Å². The number of methoxy groups -OCH3 is 1. The summed E-state index contributed by atoms with van der Waals surface area (Å²) in [6, 6.07) is 3.19. The van der Waals surface area contributed by atoms with Crippen molar-refractivity contribution in [3.8, 4) is 11.5 Å². The van der Waals surface area contributed by atoms with Gasteiger partial charge in [0.25, 0.3) is 5.91 Å². The van der Waals surface area contributed by atoms with E-state index in [4.69, 9.17) is 4.74 Å². The minimum absolute atomic E-state index is 0.363. The van der Waals surface area contributed by atoms with Crippen LogP contribution < -0.4 is 14.2 Å². The van der Waals surface area contributed by atoms with Gasteiger partial charge in [0, 0.05) is 5.56 Å². The molecular formula is C16H13F4NO5S. The molecular weight excluding hydrogens is 394 g/mol. The standard InChI is InChI=1S/C16H13F4NO5S/c1-25-12-3-4-13(15(20)14(12)19)26-7-8-5-11(18)9(6-10(8)17)16(22)21-27(2,23)24/h3-6H,7H2,1-2H3,(H,21,22). The maximum Gasteiger partial charge on any atom is 0.267 e. The summed E-state index contributed by atoms with van der Waals surface area (Å²) in [6.07, 6.45) is 0.671. The Balaban J connectivity index is 2.23. The van der Waals surface area contributed by atoms with Crippen molar-refractivity contribution in [1.29, 1.82) is 0 Å². The Hall–Kier alpha value is -2.82. The average Bonchev–Trinajstić information content (AvgIpc) is 2.57. The van der Waals surface area contributed by atoms with Crippen LogP contribution in [0.4, 0.5) is 17.6 Å². The van der Waals surface area contributed by atoms with Crippen LogP contribution in [0.1, 0.15) is 15.9 Å². The highest BCUT2D eigenvalue weighted by atomic mass is 32.2. The zero-order valence-corrected chi connectivity index (χ0v) is 14.8. The molecule has 0 aliphatic heterocycles. The third-order valence-corrected chi connectivity index (χ3v) is 3.83. The maximum absolute atomic E-state index is 14.1. The number of halogens is 4. The highest BCUT2D eigenvalue weighted by Gasteiger charge is 2.20. The molecule has 0 heterocycles. The second-order valence-electron chi connectivity index (χ2n) is 5.31. The number of hydrogen-bond acceptors (Lipinski definition) is 5. The Kier molecular flexibility index (Phi) is 5.94. The van der Waals surface area contributed by atoms with Gasteiger partial charge < -0.3 is 9.47 Å². The summed E-state index contributed by atoms with van der Waals surface area (Å²) in [6.45, 7) is -0.681. The van der Waals surface area contributed by atoms with Gasteiger partial charge >= 0.3 is 0 Å². The highest BCUT2D eigenvalue weighted by molar-refractivity contribution is 7.89. The molecule has 0 spiro atoms. The first-order valence-electron chi connectivity index (χ1n) is 7.18. The van der Waals surface area contributed by atoms with Gasteiger partial charge in [0.1, 0.15) is 18.2 Å². The molecule has 2 aromatic carbocycles. The Labute approximate surface area is 151 Å². The molecule has 0 saturated heterocycles. The molecule has 0 radical (unpaired) electrons. The molecule has 2 rings (SSSR count). The van der Waals surface area contributed by atoms with E-state index in [1.165, 1.54) is 4.72 Å². The lowest BCUT2D eigenvalue weighted by Crippen LogP contribution is -2.30. The summed E-state index contributed by atoms with van der Waals surface area (Å²) in [4.78, 5) is 11.6. The summed E-state index contributed by atoms with van der Waals surface area (Å²) in [5.41, 5.74) is -1.25. The molecule has 0 atom stereocenters. The van der Waals surface area contributed by atoms with Gasteiger partial charge in [-0.05, 0) is 24.3 Å². The maximum atomic E-state index is 14.1. The number of ether oxygens (including phenoxy) is 2. The fraction of sp³-hybridized carbons (Fsp3) is 0.188. The van der Waals surface area contributed by atoms with Crippen LogP contribution in [-0.4, -0.2) is 27.7 Å². The lowest BCUT2D eigenvalue weighted by atomic mass is 10.1. The van der Waals surface area contributed by atoms with Crippen molar-refractivity contribution >= 4 is 15.9 Å². The Morgan fingerprint density at radius 3 is 2.22 bits per heavy atom. The van der Waals surface area contributed by atoms with E-state index in [2.05, 4.69) is 4.74 Å². The predicted molar refractivity (Wildman–Crippen MR) is 85.9 cm³/mol. The van der Waals surface area contributed by atoms with Crippen molar-refractivity contribution in [1.82, 2.24) is 4.72 Å². The van der Waals surface area contributed by atoms with Crippen molar-refractivity contribution in [2.24, 2.45) is 0 Å². The van der Waals surface area contributed by atoms with E-state index in [-0.39, 0.29) is 5.75 Å². The summed E-state index contributed by atoms with van der Waals surface area (Å²) in [5, 5.41) is 0. The Morgan fingerprint density at radius 2 is 1.63 bits per heavy atom. The van der Waals surface area contributed by atoms with Crippen molar-refractivity contribution in [2.75, 3.05) is 13.4 Å². The summed E-state index contributed by atoms with van der Waals surface area (Å²) >= 11 is 0. The van der Waals surface area contributed by atoms with Crippen molar-refractivity contribution in [3.05, 3.63) is 58.7 Å². The molecule has 0 aliphatic carbocycles. The number of sulfonamides is 1. The normalized spacial score (nSPS) is 11.2. The molecule has 1 N–H and O–H groups in total. The molecule has 0 fully saturated rings. The first-order valence-corrected chi connectivity index (χ1v) is 9.07. The highest BCUT2D eigenvalue weighted by Crippen LogP contribution is 2.28. The Morgan fingerprint density at radius 1 is 1.04 bits per heavy atom. The third kappa shape index (κ3) is 4.88. The van der Waals surface area contributed by atoms with Crippen LogP contribution in [0.2, 0.25) is 0 Å². The molecule has 0 unspecified atom stereocenters. The lowest BCUT2D eigenvalue weighted by Gasteiger charge is -2.11. The van der Waals surface area contributed by atoms with E-state index in [1.54, 1.807) is 0 Å². The SMILES string of the molecule is COc1ccc(OCc2cc(F)c(C(=O)NS(C)(=O)=O)cc2F)c(F)c1F. The van der Waals surface area contributed by atoms with Crippen LogP contribution >= 0.6 is 0 Å². The quantitative estimate of drug-likeness (QED) is 0.745. The van der Waals surface area contributed by atoms with E-state index in [0.717, 1.165) is 19.2 Å². The second kappa shape index (κ2) is 7.82. The van der Waals surface area contributed by atoms with Crippen molar-refractivity contribution in [3.63, 3.8) is 0 Å². The van der Waals surface area contributed by atoms with Gasteiger partial charge in [-0.25, -0.2) is 21.9 Å². The molecule has 0 aromatic heterocycles. The number of carbonyl (C=O) groups is 1. The summed E-state index contributed by atoms with van der Waals surface area (Å²) in [5.74, 6) is -7.30. The van der Waals surface area contributed by atoms with E-state index >= 15 is 0 Å². The number of rotatable bonds is 6. The molecule has 6 nitrogen and oxygen atoms in total. The van der Waals surface area contributed by atoms with Crippen LogP contribution in [0.3, 0.4) is 0 Å². The second-order valence-corrected chi connectivity index (χ2v) is 7.06. The van der Waals surface area contributed by atoms with E-state index in [9.17, 15) is 30.8 Å². The predicted octanol–water partition coefficient (Wildman–Crippen LogP) is 2.52. The van der Waals surface area contributed by atoms with Crippen LogP contribution in [0.15, 0.2) is 24.3 Å². The molecule has 2 aromatic rings. The third-order valence-electron chi connectivity index (χ3n) is 3.27. The zero-order chi connectivity index (χ0) is 20.4. The summed E-state index contributed by atoms with van der Waals surface area (Å²) in [7, 11) is -2.84. The van der Waals surface area contributed by atoms with Crippen molar-refractivity contribution < 1.29 is 40.2 Å². The lowest BCUT2D eigenvalue weighted by molar-refractivity contribution is 0.0977. The molecule has 0 bridgehead atoms. The van der Waals surface area contributed by atoms with Crippen LogP contribution in [0.5, 0.6) is 11.5 Å². The van der Waals surface area contributed by atoms with E-state index in [0.29, 0.717) is 18.4 Å². The van der Waals surface area contributed by atoms with Gasteiger partial charge in [-0.3, -0.25) is 4.79 Å². The number of carbonyl (C=O) groups excluding carboxylic acids is 1. The van der Waals surface area contributed by atoms with Crippen LogP contribution in [-0.2, 0) is 16.6 Å². The van der Waals surface area contributed by atoms with E-state index < -0.39 is 62.7 Å². The minimum atomic E-state index is -3.97. The van der Waals surface area contributed by atoms with Crippen LogP contribution in [0.25, 0.3) is 0 Å². The molecule has 146 valence electrons. The largest absolute Gasteiger partial charge is 0.494 e. The minimum Gasteiger partial charge on any atom is -0.494 e. The fourth-order valence-electron chi connectivity index (χ4n) is 2.03. The zero-order valence-electron chi connectivity index (χ0n) is 14.0. The van der Waals surface area contributed by atoms with E-state index in [1.807, 2.05) is 0 Å². The molecule has 27 heavy (non-hydrogen) atoms.